The first kappa shape index (κ1) is 8.14. The van der Waals surface area contributed by atoms with Crippen LogP contribution in [0.15, 0.2) is 4.99 Å². The molecule has 0 aromatic heterocycles. The number of carbonyl (C=O) groups is 1. The summed E-state index contributed by atoms with van der Waals surface area (Å²) in [5.74, 6) is 1.82. The van der Waals surface area contributed by atoms with Crippen molar-refractivity contribution in [3.8, 4) is 0 Å². The molecule has 1 aliphatic heterocycles. The number of hydrogen-bond acceptors (Lipinski definition) is 4. The lowest BCUT2D eigenvalue weighted by Crippen LogP contribution is -2.02. The van der Waals surface area contributed by atoms with Crippen molar-refractivity contribution in [3.63, 3.8) is 0 Å². The molecule has 0 aromatic rings. The first-order valence-electron chi connectivity index (χ1n) is 3.19. The molecule has 10 heavy (non-hydrogen) atoms. The molecule has 0 saturated carbocycles. The van der Waals surface area contributed by atoms with Crippen LogP contribution in [0.5, 0.6) is 0 Å². The van der Waals surface area contributed by atoms with Gasteiger partial charge in [-0.15, -0.1) is 11.8 Å². The van der Waals surface area contributed by atoms with Crippen LogP contribution in [0, 0.1) is 0 Å². The maximum absolute atomic E-state index is 11.1. The molecule has 4 heteroatoms. The van der Waals surface area contributed by atoms with Crippen LogP contribution < -0.4 is 0 Å². The summed E-state index contributed by atoms with van der Waals surface area (Å²) in [6.07, 6.45) is 0. The quantitative estimate of drug-likeness (QED) is 0.635. The largest absolute Gasteiger partial charge is 0.279 e. The van der Waals surface area contributed by atoms with Crippen LogP contribution in [0.25, 0.3) is 0 Å². The summed E-state index contributed by atoms with van der Waals surface area (Å²) in [5, 5.41) is 0.858. The second kappa shape index (κ2) is 4.03. The van der Waals surface area contributed by atoms with Gasteiger partial charge in [-0.2, -0.15) is 0 Å². The number of hydrogen-bond donors (Lipinski definition) is 0. The average Bonchev–Trinajstić information content (AvgIpc) is 2.38. The van der Waals surface area contributed by atoms with E-state index in [1.54, 1.807) is 11.8 Å². The molecule has 0 aliphatic carbocycles. The molecular weight excluding hydrogens is 166 g/mol. The van der Waals surface area contributed by atoms with Crippen LogP contribution in [0.1, 0.15) is 6.92 Å². The number of aliphatic imine (C=N–C) groups is 1. The molecule has 0 aromatic carbocycles. The zero-order chi connectivity index (χ0) is 7.40. The lowest BCUT2D eigenvalue weighted by Gasteiger charge is -1.93. The number of thioether (sulfide) groups is 2. The maximum atomic E-state index is 11.1. The van der Waals surface area contributed by atoms with Gasteiger partial charge in [-0.05, 0) is 5.75 Å². The molecular formula is C6H9NOS2. The first-order valence-corrected chi connectivity index (χ1v) is 5.16. The lowest BCUT2D eigenvalue weighted by molar-refractivity contribution is -0.105. The second-order valence-corrected chi connectivity index (χ2v) is 4.08. The predicted octanol–water partition coefficient (Wildman–Crippen LogP) is 1.41. The Hall–Kier alpha value is 0.0400. The van der Waals surface area contributed by atoms with Crippen molar-refractivity contribution in [2.24, 2.45) is 4.99 Å². The van der Waals surface area contributed by atoms with Crippen molar-refractivity contribution >= 4 is 33.7 Å². The van der Waals surface area contributed by atoms with E-state index in [4.69, 9.17) is 0 Å². The number of rotatable bonds is 2. The van der Waals surface area contributed by atoms with Crippen LogP contribution in [0.2, 0.25) is 0 Å². The van der Waals surface area contributed by atoms with Crippen LogP contribution >= 0.6 is 23.5 Å². The molecule has 0 unspecified atom stereocenters. The zero-order valence-corrected chi connectivity index (χ0v) is 7.43. The van der Waals surface area contributed by atoms with Gasteiger partial charge in [0.2, 0.25) is 5.12 Å². The van der Waals surface area contributed by atoms with Gasteiger partial charge in [0.15, 0.2) is 0 Å². The fraction of sp³-hybridized carbons (Fsp3) is 0.667. The topological polar surface area (TPSA) is 29.4 Å². The molecule has 0 N–H and O–H groups in total. The third-order valence-corrected chi connectivity index (χ3v) is 2.88. The molecule has 0 bridgehead atoms. The highest BCUT2D eigenvalue weighted by molar-refractivity contribution is 8.25. The summed E-state index contributed by atoms with van der Waals surface area (Å²) in [4.78, 5) is 15.1. The smallest absolute Gasteiger partial charge is 0.243 e. The molecule has 0 atom stereocenters. The molecule has 2 nitrogen and oxygen atoms in total. The van der Waals surface area contributed by atoms with Crippen LogP contribution in [0.3, 0.4) is 0 Å². The van der Waals surface area contributed by atoms with Gasteiger partial charge in [-0.1, -0.05) is 18.7 Å². The van der Waals surface area contributed by atoms with E-state index in [9.17, 15) is 4.79 Å². The van der Waals surface area contributed by atoms with Gasteiger partial charge in [0.25, 0.3) is 0 Å². The highest BCUT2D eigenvalue weighted by atomic mass is 32.2. The van der Waals surface area contributed by atoms with E-state index >= 15 is 0 Å². The van der Waals surface area contributed by atoms with Crippen molar-refractivity contribution in [2.75, 3.05) is 18.1 Å². The fourth-order valence-corrected chi connectivity index (χ4v) is 2.13. The minimum atomic E-state index is 0.144. The van der Waals surface area contributed by atoms with E-state index in [1.807, 2.05) is 6.92 Å². The monoisotopic (exact) mass is 175 g/mol. The van der Waals surface area contributed by atoms with Gasteiger partial charge >= 0.3 is 0 Å². The Kier molecular flexibility index (Phi) is 3.28. The third kappa shape index (κ3) is 2.02. The predicted molar refractivity (Wildman–Crippen MR) is 47.9 cm³/mol. The first-order chi connectivity index (χ1) is 4.84. The summed E-state index contributed by atoms with van der Waals surface area (Å²) in [6.45, 7) is 2.79. The Balaban J connectivity index is 2.40. The van der Waals surface area contributed by atoms with E-state index in [-0.39, 0.29) is 5.12 Å². The molecule has 0 amide bonds. The van der Waals surface area contributed by atoms with E-state index in [1.165, 1.54) is 11.8 Å². The molecule has 0 spiro atoms. The van der Waals surface area contributed by atoms with E-state index in [0.29, 0.717) is 5.04 Å². The standard InChI is InChI=1S/C6H9NOS2/c1-2-9-6(8)5-7-3-4-10-5/h2-4H2,1H3. The van der Waals surface area contributed by atoms with Gasteiger partial charge in [0, 0.05) is 12.3 Å². The summed E-state index contributed by atoms with van der Waals surface area (Å²) < 4.78 is 0. The maximum Gasteiger partial charge on any atom is 0.243 e. The highest BCUT2D eigenvalue weighted by Gasteiger charge is 2.14. The number of nitrogens with zero attached hydrogens (tertiary/aromatic N) is 1. The van der Waals surface area contributed by atoms with Crippen molar-refractivity contribution in [2.45, 2.75) is 6.92 Å². The minimum Gasteiger partial charge on any atom is -0.279 e. The van der Waals surface area contributed by atoms with Gasteiger partial charge in [-0.3, -0.25) is 9.79 Å². The van der Waals surface area contributed by atoms with Crippen molar-refractivity contribution in [1.29, 1.82) is 0 Å². The SMILES string of the molecule is CCSC(=O)C1=NCCS1. The summed E-state index contributed by atoms with van der Waals surface area (Å²) >= 11 is 2.91. The molecule has 0 saturated heterocycles. The Morgan fingerprint density at radius 3 is 3.20 bits per heavy atom. The normalized spacial score (nSPS) is 17.1. The highest BCUT2D eigenvalue weighted by Crippen LogP contribution is 2.17. The van der Waals surface area contributed by atoms with E-state index < -0.39 is 0 Å². The van der Waals surface area contributed by atoms with Gasteiger partial charge in [0.05, 0.1) is 0 Å². The summed E-state index contributed by atoms with van der Waals surface area (Å²) in [7, 11) is 0. The zero-order valence-electron chi connectivity index (χ0n) is 5.79. The van der Waals surface area contributed by atoms with Gasteiger partial charge in [0.1, 0.15) is 5.04 Å². The molecule has 1 rings (SSSR count). The third-order valence-electron chi connectivity index (χ3n) is 1.04. The summed E-state index contributed by atoms with van der Waals surface area (Å²) in [5.41, 5.74) is 0. The van der Waals surface area contributed by atoms with Crippen molar-refractivity contribution in [3.05, 3.63) is 0 Å². The Morgan fingerprint density at radius 2 is 2.70 bits per heavy atom. The number of carbonyl (C=O) groups excluding carboxylic acids is 1. The molecule has 56 valence electrons. The lowest BCUT2D eigenvalue weighted by atomic mass is 10.7. The molecule has 0 fully saturated rings. The van der Waals surface area contributed by atoms with Crippen molar-refractivity contribution in [1.82, 2.24) is 0 Å². The second-order valence-electron chi connectivity index (χ2n) is 1.76. The van der Waals surface area contributed by atoms with Crippen LogP contribution in [-0.4, -0.2) is 28.2 Å². The average molecular weight is 175 g/mol. The fourth-order valence-electron chi connectivity index (χ4n) is 0.651. The minimum absolute atomic E-state index is 0.144. The molecule has 0 radical (unpaired) electrons. The Morgan fingerprint density at radius 1 is 1.90 bits per heavy atom. The van der Waals surface area contributed by atoms with Crippen LogP contribution in [0.4, 0.5) is 0 Å². The Labute approximate surface area is 68.9 Å². The molecule has 1 heterocycles. The van der Waals surface area contributed by atoms with Gasteiger partial charge < -0.3 is 0 Å². The van der Waals surface area contributed by atoms with E-state index in [2.05, 4.69) is 4.99 Å². The van der Waals surface area contributed by atoms with Crippen molar-refractivity contribution < 1.29 is 4.79 Å². The van der Waals surface area contributed by atoms with Gasteiger partial charge in [-0.25, -0.2) is 0 Å². The van der Waals surface area contributed by atoms with E-state index in [0.717, 1.165) is 18.1 Å². The van der Waals surface area contributed by atoms with Crippen LogP contribution in [-0.2, 0) is 4.79 Å². The molecule has 1 aliphatic rings. The summed E-state index contributed by atoms with van der Waals surface area (Å²) in [6, 6.07) is 0. The Bertz CT molecular complexity index is 167.